The van der Waals surface area contributed by atoms with Crippen molar-refractivity contribution in [1.82, 2.24) is 21.3 Å². The number of carbonyl (C=O) groups excluding carboxylic acids is 4. The molecule has 0 saturated heterocycles. The SMILES string of the molecule is CCC(C)[C@H](NC(=O)NCc1ccccc1)C(=O)NC(CC(C)C)C(=O)NC(CC(F)F)C(=O)C(=O)O. The van der Waals surface area contributed by atoms with Gasteiger partial charge in [-0.3, -0.25) is 14.4 Å². The molecule has 1 aromatic rings. The first-order valence-electron chi connectivity index (χ1n) is 12.1. The summed E-state index contributed by atoms with van der Waals surface area (Å²) in [5.41, 5.74) is 0.852. The highest BCUT2D eigenvalue weighted by atomic mass is 19.3. The van der Waals surface area contributed by atoms with E-state index >= 15 is 0 Å². The molecule has 1 aromatic carbocycles. The van der Waals surface area contributed by atoms with Crippen molar-refractivity contribution in [2.75, 3.05) is 0 Å². The monoisotopic (exact) mass is 526 g/mol. The van der Waals surface area contributed by atoms with Crippen molar-refractivity contribution in [3.63, 3.8) is 0 Å². The second-order valence-corrected chi connectivity index (χ2v) is 9.22. The van der Waals surface area contributed by atoms with Crippen LogP contribution in [-0.4, -0.2) is 59.3 Å². The molecule has 0 fully saturated rings. The van der Waals surface area contributed by atoms with Gasteiger partial charge in [0.15, 0.2) is 0 Å². The zero-order valence-corrected chi connectivity index (χ0v) is 21.4. The largest absolute Gasteiger partial charge is 0.475 e. The molecule has 0 aromatic heterocycles. The molecule has 0 radical (unpaired) electrons. The van der Waals surface area contributed by atoms with Gasteiger partial charge >= 0.3 is 12.0 Å². The summed E-state index contributed by atoms with van der Waals surface area (Å²) in [7, 11) is 0. The number of rotatable bonds is 15. The van der Waals surface area contributed by atoms with E-state index in [1.807, 2.05) is 42.6 Å². The fourth-order valence-electron chi connectivity index (χ4n) is 3.47. The standard InChI is InChI=1S/C25H36F2N4O6/c1-5-15(4)20(31-25(37)28-13-16-9-7-6-8-10-16)23(34)30-18(11-14(2)3)22(33)29-17(12-19(26)27)21(32)24(35)36/h6-10,14-15,17-20H,5,11-13H2,1-4H3,(H,29,33)(H,30,34)(H,35,36)(H2,28,31,37)/t15?,17?,18?,20-/m0/s1. The number of nitrogens with one attached hydrogen (secondary N) is 4. The van der Waals surface area contributed by atoms with Gasteiger partial charge in [-0.1, -0.05) is 64.4 Å². The number of carboxylic acid groups (broad SMARTS) is 1. The van der Waals surface area contributed by atoms with Gasteiger partial charge in [0.05, 0.1) is 0 Å². The van der Waals surface area contributed by atoms with Crippen LogP contribution in [0, 0.1) is 11.8 Å². The zero-order chi connectivity index (χ0) is 28.1. The molecule has 4 atom stereocenters. The summed E-state index contributed by atoms with van der Waals surface area (Å²) >= 11 is 0. The average molecular weight is 527 g/mol. The Hall–Kier alpha value is -3.57. The molecule has 0 aliphatic heterocycles. The molecule has 206 valence electrons. The number of ketones is 1. The minimum atomic E-state index is -3.04. The predicted octanol–water partition coefficient (Wildman–Crippen LogP) is 2.23. The normalized spacial score (nSPS) is 14.3. The molecule has 0 bridgehead atoms. The molecule has 4 amide bonds. The summed E-state index contributed by atoms with van der Waals surface area (Å²) in [5, 5.41) is 18.8. The molecule has 12 heteroatoms. The van der Waals surface area contributed by atoms with E-state index < -0.39 is 60.6 Å². The van der Waals surface area contributed by atoms with Crippen molar-refractivity contribution in [2.45, 2.75) is 78.1 Å². The van der Waals surface area contributed by atoms with E-state index in [9.17, 15) is 32.8 Å². The van der Waals surface area contributed by atoms with Crippen LogP contribution in [0.1, 0.15) is 52.5 Å². The first-order chi connectivity index (χ1) is 17.3. The summed E-state index contributed by atoms with van der Waals surface area (Å²) in [5.74, 6) is -5.66. The minimum Gasteiger partial charge on any atom is -0.475 e. The van der Waals surface area contributed by atoms with Crippen molar-refractivity contribution in [3.8, 4) is 0 Å². The van der Waals surface area contributed by atoms with E-state index in [1.54, 1.807) is 20.8 Å². The number of amides is 4. The lowest BCUT2D eigenvalue weighted by molar-refractivity contribution is -0.151. The Morgan fingerprint density at radius 2 is 1.46 bits per heavy atom. The molecular formula is C25H36F2N4O6. The molecule has 3 unspecified atom stereocenters. The van der Waals surface area contributed by atoms with Gasteiger partial charge in [0.2, 0.25) is 18.2 Å². The van der Waals surface area contributed by atoms with Crippen molar-refractivity contribution in [3.05, 3.63) is 35.9 Å². The lowest BCUT2D eigenvalue weighted by Gasteiger charge is -2.28. The molecule has 37 heavy (non-hydrogen) atoms. The van der Waals surface area contributed by atoms with Gasteiger partial charge in [-0.25, -0.2) is 18.4 Å². The lowest BCUT2D eigenvalue weighted by atomic mass is 9.96. The Bertz CT molecular complexity index is 929. The number of hydrogen-bond acceptors (Lipinski definition) is 5. The first kappa shape index (κ1) is 31.5. The third-order valence-corrected chi connectivity index (χ3v) is 5.68. The van der Waals surface area contributed by atoms with E-state index in [0.717, 1.165) is 5.56 Å². The van der Waals surface area contributed by atoms with Crippen LogP contribution in [-0.2, 0) is 25.7 Å². The predicted molar refractivity (Wildman–Crippen MR) is 132 cm³/mol. The number of urea groups is 1. The number of hydrogen-bond donors (Lipinski definition) is 5. The molecular weight excluding hydrogens is 490 g/mol. The molecule has 0 heterocycles. The third kappa shape index (κ3) is 11.4. The number of carboxylic acids is 1. The zero-order valence-electron chi connectivity index (χ0n) is 21.4. The average Bonchev–Trinajstić information content (AvgIpc) is 2.84. The van der Waals surface area contributed by atoms with Crippen molar-refractivity contribution >= 4 is 29.6 Å². The van der Waals surface area contributed by atoms with Crippen LogP contribution in [0.25, 0.3) is 0 Å². The Balaban J connectivity index is 2.98. The Kier molecular flexibility index (Phi) is 13.2. The summed E-state index contributed by atoms with van der Waals surface area (Å²) in [6.07, 6.45) is -3.63. The topological polar surface area (TPSA) is 154 Å². The van der Waals surface area contributed by atoms with Crippen molar-refractivity contribution < 1.29 is 37.9 Å². The molecule has 0 saturated carbocycles. The quantitative estimate of drug-likeness (QED) is 0.221. The Morgan fingerprint density at radius 1 is 0.865 bits per heavy atom. The molecule has 0 aliphatic rings. The smallest absolute Gasteiger partial charge is 0.374 e. The van der Waals surface area contributed by atoms with E-state index in [-0.39, 0.29) is 24.8 Å². The van der Waals surface area contributed by atoms with Crippen LogP contribution in [0.4, 0.5) is 13.6 Å². The highest BCUT2D eigenvalue weighted by molar-refractivity contribution is 6.35. The fourth-order valence-corrected chi connectivity index (χ4v) is 3.47. The van der Waals surface area contributed by atoms with E-state index in [4.69, 9.17) is 5.11 Å². The van der Waals surface area contributed by atoms with Gasteiger partial charge in [-0.05, 0) is 23.8 Å². The molecule has 0 spiro atoms. The van der Waals surface area contributed by atoms with Crippen LogP contribution in [0.2, 0.25) is 0 Å². The van der Waals surface area contributed by atoms with Gasteiger partial charge < -0.3 is 26.4 Å². The maximum absolute atomic E-state index is 13.1. The van der Waals surface area contributed by atoms with Crippen LogP contribution >= 0.6 is 0 Å². The van der Waals surface area contributed by atoms with E-state index in [2.05, 4.69) is 16.0 Å². The fraction of sp³-hybridized carbons (Fsp3) is 0.560. The molecule has 1 rings (SSSR count). The second-order valence-electron chi connectivity index (χ2n) is 9.22. The summed E-state index contributed by atoms with van der Waals surface area (Å²) in [4.78, 5) is 61.3. The van der Waals surface area contributed by atoms with Crippen LogP contribution in [0.3, 0.4) is 0 Å². The number of benzene rings is 1. The summed E-state index contributed by atoms with van der Waals surface area (Å²) < 4.78 is 25.8. The summed E-state index contributed by atoms with van der Waals surface area (Å²) in [6.45, 7) is 7.30. The number of Topliss-reactive ketones (excluding diaryl/α,β-unsaturated/α-hetero) is 1. The molecule has 0 aliphatic carbocycles. The maximum Gasteiger partial charge on any atom is 0.374 e. The van der Waals surface area contributed by atoms with Crippen molar-refractivity contribution in [1.29, 1.82) is 0 Å². The maximum atomic E-state index is 13.1. The Morgan fingerprint density at radius 3 is 1.97 bits per heavy atom. The highest BCUT2D eigenvalue weighted by Gasteiger charge is 2.34. The number of alkyl halides is 2. The minimum absolute atomic E-state index is 0.0770. The lowest BCUT2D eigenvalue weighted by Crippen LogP contribution is -2.58. The van der Waals surface area contributed by atoms with Gasteiger partial charge in [-0.15, -0.1) is 0 Å². The van der Waals surface area contributed by atoms with Gasteiger partial charge in [0.1, 0.15) is 18.1 Å². The highest BCUT2D eigenvalue weighted by Crippen LogP contribution is 2.12. The first-order valence-corrected chi connectivity index (χ1v) is 12.1. The Labute approximate surface area is 214 Å². The number of halogens is 2. The van der Waals surface area contributed by atoms with Gasteiger partial charge in [-0.2, -0.15) is 0 Å². The number of carbonyl (C=O) groups is 5. The third-order valence-electron chi connectivity index (χ3n) is 5.68. The van der Waals surface area contributed by atoms with E-state index in [0.29, 0.717) is 6.42 Å². The molecule has 5 N–H and O–H groups in total. The van der Waals surface area contributed by atoms with Gasteiger partial charge in [0.25, 0.3) is 5.78 Å². The van der Waals surface area contributed by atoms with E-state index in [1.165, 1.54) is 0 Å². The van der Waals surface area contributed by atoms with Crippen LogP contribution < -0.4 is 21.3 Å². The van der Waals surface area contributed by atoms with Gasteiger partial charge in [0, 0.05) is 13.0 Å². The van der Waals surface area contributed by atoms with Crippen LogP contribution in [0.15, 0.2) is 30.3 Å². The van der Waals surface area contributed by atoms with Crippen molar-refractivity contribution in [2.24, 2.45) is 11.8 Å². The molecule has 10 nitrogen and oxygen atoms in total. The van der Waals surface area contributed by atoms with Crippen LogP contribution in [0.5, 0.6) is 0 Å². The number of aliphatic carboxylic acids is 1. The summed E-state index contributed by atoms with van der Waals surface area (Å²) in [6, 6.07) is 4.29. The second kappa shape index (κ2) is 15.5.